The molecule has 1 amide bonds. The van der Waals surface area contributed by atoms with Crippen LogP contribution in [-0.4, -0.2) is 23.9 Å². The molecule has 0 saturated heterocycles. The number of carbonyl (C=O) groups is 1. The number of halogens is 1. The molecule has 1 fully saturated rings. The largest absolute Gasteiger partial charge is 0.386 e. The van der Waals surface area contributed by atoms with Crippen LogP contribution in [0.25, 0.3) is 0 Å². The first kappa shape index (κ1) is 24.2. The predicted octanol–water partition coefficient (Wildman–Crippen LogP) is 5.52. The molecular weight excluding hydrogens is 418 g/mol. The molecule has 0 spiro atoms. The average molecular weight is 454 g/mol. The van der Waals surface area contributed by atoms with Crippen molar-refractivity contribution in [2.24, 2.45) is 17.6 Å². The zero-order valence-corrected chi connectivity index (χ0v) is 20.1. The highest BCUT2D eigenvalue weighted by molar-refractivity contribution is 6.30. The van der Waals surface area contributed by atoms with Crippen LogP contribution in [0.4, 0.5) is 0 Å². The summed E-state index contributed by atoms with van der Waals surface area (Å²) >= 11 is 6.05. The zero-order valence-electron chi connectivity index (χ0n) is 19.3. The lowest BCUT2D eigenvalue weighted by Gasteiger charge is -2.33. The van der Waals surface area contributed by atoms with Gasteiger partial charge in [-0.15, -0.1) is 0 Å². The molecule has 0 aliphatic heterocycles. The summed E-state index contributed by atoms with van der Waals surface area (Å²) in [5, 5.41) is 4.09. The van der Waals surface area contributed by atoms with Crippen molar-refractivity contribution >= 4 is 17.5 Å². The van der Waals surface area contributed by atoms with Crippen molar-refractivity contribution in [3.63, 3.8) is 0 Å². The van der Waals surface area contributed by atoms with Crippen LogP contribution in [0.5, 0.6) is 0 Å². The van der Waals surface area contributed by atoms with Gasteiger partial charge in [0, 0.05) is 24.7 Å². The summed E-state index contributed by atoms with van der Waals surface area (Å²) in [5.41, 5.74) is 9.33. The van der Waals surface area contributed by atoms with Crippen LogP contribution in [0.3, 0.4) is 0 Å². The molecule has 0 atom stereocenters. The molecule has 172 valence electrons. The fraction of sp³-hybridized carbons (Fsp3) is 0.444. The summed E-state index contributed by atoms with van der Waals surface area (Å²) in [6.07, 6.45) is 5.09. The van der Waals surface area contributed by atoms with Gasteiger partial charge in [0.2, 0.25) is 5.91 Å². The number of allylic oxidation sites excluding steroid dienone is 1. The Hall–Kier alpha value is -2.46. The van der Waals surface area contributed by atoms with E-state index in [-0.39, 0.29) is 5.91 Å². The maximum atomic E-state index is 13.2. The van der Waals surface area contributed by atoms with Crippen LogP contribution in [-0.2, 0) is 17.8 Å². The highest BCUT2D eigenvalue weighted by Gasteiger charge is 2.25. The van der Waals surface area contributed by atoms with Crippen molar-refractivity contribution in [3.05, 3.63) is 82.1 Å². The summed E-state index contributed by atoms with van der Waals surface area (Å²) in [7, 11) is 0. The lowest BCUT2D eigenvalue weighted by atomic mass is 9.81. The van der Waals surface area contributed by atoms with E-state index in [4.69, 9.17) is 17.3 Å². The molecule has 4 nitrogen and oxygen atoms in total. The number of nitrogens with zero attached hydrogens (tertiary/aromatic N) is 1. The van der Waals surface area contributed by atoms with E-state index in [0.29, 0.717) is 24.8 Å². The van der Waals surface area contributed by atoms with E-state index in [1.807, 2.05) is 73.3 Å². The molecule has 0 aromatic heterocycles. The Morgan fingerprint density at radius 1 is 0.969 bits per heavy atom. The predicted molar refractivity (Wildman–Crippen MR) is 133 cm³/mol. The second-order valence-electron chi connectivity index (χ2n) is 9.24. The van der Waals surface area contributed by atoms with Crippen molar-refractivity contribution in [3.8, 4) is 0 Å². The monoisotopic (exact) mass is 453 g/mol. The van der Waals surface area contributed by atoms with Crippen LogP contribution in [0, 0.1) is 11.8 Å². The van der Waals surface area contributed by atoms with Crippen molar-refractivity contribution in [1.82, 2.24) is 10.2 Å². The molecule has 2 aromatic carbocycles. The second kappa shape index (κ2) is 12.0. The number of rotatable bonds is 9. The van der Waals surface area contributed by atoms with Gasteiger partial charge in [-0.05, 0) is 80.2 Å². The minimum absolute atomic E-state index is 0.186. The van der Waals surface area contributed by atoms with E-state index < -0.39 is 0 Å². The van der Waals surface area contributed by atoms with Crippen molar-refractivity contribution in [1.29, 1.82) is 0 Å². The number of nitrogens with two attached hydrogens (primary N) is 1. The first-order valence-corrected chi connectivity index (χ1v) is 12.0. The summed E-state index contributed by atoms with van der Waals surface area (Å²) in [6.45, 7) is 6.43. The van der Waals surface area contributed by atoms with Crippen molar-refractivity contribution in [2.75, 3.05) is 13.1 Å². The Morgan fingerprint density at radius 2 is 1.59 bits per heavy atom. The minimum Gasteiger partial charge on any atom is -0.386 e. The smallest absolute Gasteiger partial charge is 0.227 e. The fourth-order valence-electron chi connectivity index (χ4n) is 4.31. The SMILES string of the molecule is CC(C)=C(N)NCC1CCC(CN(Cc2ccc(Cl)cc2)C(=O)Cc2ccccc2)CC1. The number of benzene rings is 2. The quantitative estimate of drug-likeness (QED) is 0.525. The highest BCUT2D eigenvalue weighted by atomic mass is 35.5. The average Bonchev–Trinajstić information content (AvgIpc) is 2.80. The zero-order chi connectivity index (χ0) is 22.9. The van der Waals surface area contributed by atoms with E-state index in [2.05, 4.69) is 5.32 Å². The molecule has 1 saturated carbocycles. The molecule has 32 heavy (non-hydrogen) atoms. The standard InChI is InChI=1S/C27H36ClN3O/c1-20(2)27(29)30-17-22-8-10-23(11-9-22)18-31(19-24-12-14-25(28)15-13-24)26(32)16-21-6-4-3-5-7-21/h3-7,12-15,22-23,30H,8-11,16-19,29H2,1-2H3. The van der Waals surface area contributed by atoms with Gasteiger partial charge in [0.15, 0.2) is 0 Å². The van der Waals surface area contributed by atoms with E-state index in [1.54, 1.807) is 0 Å². The second-order valence-corrected chi connectivity index (χ2v) is 9.68. The lowest BCUT2D eigenvalue weighted by molar-refractivity contribution is -0.132. The molecular formula is C27H36ClN3O. The van der Waals surface area contributed by atoms with Gasteiger partial charge in [0.25, 0.3) is 0 Å². The number of carbonyl (C=O) groups excluding carboxylic acids is 1. The van der Waals surface area contributed by atoms with Gasteiger partial charge < -0.3 is 16.0 Å². The van der Waals surface area contributed by atoms with Gasteiger partial charge in [-0.25, -0.2) is 0 Å². The van der Waals surface area contributed by atoms with Gasteiger partial charge in [-0.3, -0.25) is 4.79 Å². The summed E-state index contributed by atoms with van der Waals surface area (Å²) in [5.74, 6) is 2.17. The van der Waals surface area contributed by atoms with Gasteiger partial charge in [0.1, 0.15) is 0 Å². The molecule has 1 aliphatic carbocycles. The third-order valence-corrected chi connectivity index (χ3v) is 6.65. The molecule has 0 radical (unpaired) electrons. The van der Waals surface area contributed by atoms with Crippen LogP contribution in [0.15, 0.2) is 66.0 Å². The van der Waals surface area contributed by atoms with Crippen molar-refractivity contribution < 1.29 is 4.79 Å². The Morgan fingerprint density at radius 3 is 2.22 bits per heavy atom. The normalized spacial score (nSPS) is 18.1. The Kier molecular flexibility index (Phi) is 9.04. The molecule has 0 bridgehead atoms. The number of hydrogen-bond donors (Lipinski definition) is 2. The fourth-order valence-corrected chi connectivity index (χ4v) is 4.43. The lowest BCUT2D eigenvalue weighted by Crippen LogP contribution is -2.38. The molecule has 3 N–H and O–H groups in total. The molecule has 3 rings (SSSR count). The van der Waals surface area contributed by atoms with E-state index in [1.165, 1.54) is 12.8 Å². The van der Waals surface area contributed by atoms with Crippen molar-refractivity contribution in [2.45, 2.75) is 52.5 Å². The number of hydrogen-bond acceptors (Lipinski definition) is 3. The van der Waals surface area contributed by atoms with E-state index >= 15 is 0 Å². The van der Waals surface area contributed by atoms with E-state index in [9.17, 15) is 4.79 Å². The number of amides is 1. The topological polar surface area (TPSA) is 58.4 Å². The van der Waals surface area contributed by atoms with Gasteiger partial charge >= 0.3 is 0 Å². The first-order valence-electron chi connectivity index (χ1n) is 11.6. The summed E-state index contributed by atoms with van der Waals surface area (Å²) in [6, 6.07) is 17.8. The highest BCUT2D eigenvalue weighted by Crippen LogP contribution is 2.30. The van der Waals surface area contributed by atoms with Gasteiger partial charge in [-0.2, -0.15) is 0 Å². The Bertz CT molecular complexity index is 883. The Labute approximate surface area is 197 Å². The summed E-state index contributed by atoms with van der Waals surface area (Å²) in [4.78, 5) is 15.3. The molecule has 0 heterocycles. The van der Waals surface area contributed by atoms with Crippen LogP contribution in [0.1, 0.15) is 50.7 Å². The van der Waals surface area contributed by atoms with Crippen LogP contribution < -0.4 is 11.1 Å². The molecule has 2 aromatic rings. The van der Waals surface area contributed by atoms with Crippen LogP contribution >= 0.6 is 11.6 Å². The van der Waals surface area contributed by atoms with E-state index in [0.717, 1.165) is 53.5 Å². The van der Waals surface area contributed by atoms with Gasteiger partial charge in [0.05, 0.1) is 12.2 Å². The third kappa shape index (κ3) is 7.59. The number of nitrogens with one attached hydrogen (secondary N) is 1. The maximum Gasteiger partial charge on any atom is 0.227 e. The molecule has 1 aliphatic rings. The first-order chi connectivity index (χ1) is 15.4. The minimum atomic E-state index is 0.186. The van der Waals surface area contributed by atoms with Crippen LogP contribution in [0.2, 0.25) is 5.02 Å². The Balaban J connectivity index is 1.59. The molecule has 0 unspecified atom stereocenters. The third-order valence-electron chi connectivity index (χ3n) is 6.40. The van der Waals surface area contributed by atoms with Gasteiger partial charge in [-0.1, -0.05) is 54.1 Å². The summed E-state index contributed by atoms with van der Waals surface area (Å²) < 4.78 is 0. The maximum absolute atomic E-state index is 13.2. The molecule has 5 heteroatoms.